The fraction of sp³-hybridized carbons (Fsp3) is 0.333. The molecule has 1 aromatic heterocycles. The summed E-state index contributed by atoms with van der Waals surface area (Å²) >= 11 is 9.67. The van der Waals surface area contributed by atoms with Crippen LogP contribution in [-0.4, -0.2) is 4.57 Å². The summed E-state index contributed by atoms with van der Waals surface area (Å²) in [7, 11) is 0. The van der Waals surface area contributed by atoms with Gasteiger partial charge in [0.15, 0.2) is 0 Å². The molecular formula is C21H20BrClFN. The number of aryl methyl sites for hydroxylation is 1. The lowest BCUT2D eigenvalue weighted by atomic mass is 10.0. The van der Waals surface area contributed by atoms with E-state index in [4.69, 9.17) is 11.6 Å². The van der Waals surface area contributed by atoms with Gasteiger partial charge < -0.3 is 4.57 Å². The molecule has 1 aliphatic rings. The molecule has 0 radical (unpaired) electrons. The minimum Gasteiger partial charge on any atom is -0.336 e. The number of aromatic nitrogens is 1. The molecule has 4 rings (SSSR count). The zero-order valence-electron chi connectivity index (χ0n) is 14.3. The molecule has 0 bridgehead atoms. The van der Waals surface area contributed by atoms with Gasteiger partial charge in [0.2, 0.25) is 0 Å². The number of halogens is 3. The van der Waals surface area contributed by atoms with Crippen molar-refractivity contribution in [2.45, 2.75) is 45.1 Å². The molecule has 0 amide bonds. The summed E-state index contributed by atoms with van der Waals surface area (Å²) in [6.07, 6.45) is 3.29. The van der Waals surface area contributed by atoms with Gasteiger partial charge in [-0.05, 0) is 83.4 Å². The maximum Gasteiger partial charge on any atom is 0.125 e. The molecular weight excluding hydrogens is 401 g/mol. The van der Waals surface area contributed by atoms with Crippen LogP contribution in [-0.2, 0) is 6.42 Å². The fourth-order valence-corrected chi connectivity index (χ4v) is 5.05. The van der Waals surface area contributed by atoms with Gasteiger partial charge in [0.1, 0.15) is 5.82 Å². The van der Waals surface area contributed by atoms with E-state index in [9.17, 15) is 4.39 Å². The first-order chi connectivity index (χ1) is 12.0. The van der Waals surface area contributed by atoms with Crippen molar-refractivity contribution in [3.05, 3.63) is 68.5 Å². The second-order valence-corrected chi connectivity index (χ2v) is 8.18. The van der Waals surface area contributed by atoms with E-state index in [1.807, 2.05) is 12.1 Å². The molecule has 2 aromatic carbocycles. The Hall–Kier alpha value is -1.32. The predicted octanol–water partition coefficient (Wildman–Crippen LogP) is 7.25. The molecule has 2 atom stereocenters. The maximum atomic E-state index is 14.1. The Morgan fingerprint density at radius 1 is 1.28 bits per heavy atom. The second-order valence-electron chi connectivity index (χ2n) is 6.89. The van der Waals surface area contributed by atoms with Crippen LogP contribution in [0.1, 0.15) is 55.5 Å². The van der Waals surface area contributed by atoms with Crippen LogP contribution in [0.2, 0.25) is 5.02 Å². The van der Waals surface area contributed by atoms with Gasteiger partial charge in [0.05, 0.1) is 11.6 Å². The second kappa shape index (κ2) is 6.44. The summed E-state index contributed by atoms with van der Waals surface area (Å²) in [5, 5.41) is 1.80. The van der Waals surface area contributed by atoms with Crippen LogP contribution in [0, 0.1) is 5.82 Å². The van der Waals surface area contributed by atoms with Crippen molar-refractivity contribution < 1.29 is 4.39 Å². The summed E-state index contributed by atoms with van der Waals surface area (Å²) < 4.78 is 17.3. The van der Waals surface area contributed by atoms with Crippen molar-refractivity contribution >= 4 is 38.4 Å². The topological polar surface area (TPSA) is 4.93 Å². The minimum absolute atomic E-state index is 0.164. The quantitative estimate of drug-likeness (QED) is 0.420. The Kier molecular flexibility index (Phi) is 4.41. The molecule has 0 spiro atoms. The molecule has 0 saturated carbocycles. The molecule has 0 aliphatic heterocycles. The molecule has 0 saturated heterocycles. The zero-order chi connectivity index (χ0) is 17.7. The monoisotopic (exact) mass is 419 g/mol. The van der Waals surface area contributed by atoms with Crippen LogP contribution in [0.5, 0.6) is 0 Å². The average molecular weight is 421 g/mol. The summed E-state index contributed by atoms with van der Waals surface area (Å²) in [6.45, 7) is 4.45. The SMILES string of the molecule is CC[C@H]1CCc2c1n([C@@H](C)c1ccc(Cl)cc1)c1c(Br)cc(F)cc21. The van der Waals surface area contributed by atoms with E-state index in [-0.39, 0.29) is 11.9 Å². The number of benzene rings is 2. The number of nitrogens with zero attached hydrogens (tertiary/aromatic N) is 1. The Morgan fingerprint density at radius 3 is 2.68 bits per heavy atom. The van der Waals surface area contributed by atoms with Gasteiger partial charge in [0.25, 0.3) is 0 Å². The van der Waals surface area contributed by atoms with Crippen molar-refractivity contribution in [3.8, 4) is 0 Å². The smallest absolute Gasteiger partial charge is 0.125 e. The summed E-state index contributed by atoms with van der Waals surface area (Å²) in [4.78, 5) is 0. The summed E-state index contributed by atoms with van der Waals surface area (Å²) in [6, 6.07) is 11.5. The molecule has 1 nitrogen and oxygen atoms in total. The third kappa shape index (κ3) is 2.72. The lowest BCUT2D eigenvalue weighted by Gasteiger charge is -2.22. The Labute approximate surface area is 160 Å². The van der Waals surface area contributed by atoms with E-state index in [1.54, 1.807) is 12.1 Å². The predicted molar refractivity (Wildman–Crippen MR) is 106 cm³/mol. The molecule has 0 fully saturated rings. The molecule has 0 unspecified atom stereocenters. The van der Waals surface area contributed by atoms with Gasteiger partial charge in [0, 0.05) is 20.6 Å². The van der Waals surface area contributed by atoms with Crippen LogP contribution in [0.3, 0.4) is 0 Å². The third-order valence-electron chi connectivity index (χ3n) is 5.52. The van der Waals surface area contributed by atoms with E-state index in [1.165, 1.54) is 16.8 Å². The highest BCUT2D eigenvalue weighted by Gasteiger charge is 2.31. The van der Waals surface area contributed by atoms with Crippen molar-refractivity contribution in [3.63, 3.8) is 0 Å². The van der Waals surface area contributed by atoms with Crippen molar-refractivity contribution in [1.82, 2.24) is 4.57 Å². The van der Waals surface area contributed by atoms with E-state index in [0.29, 0.717) is 5.92 Å². The van der Waals surface area contributed by atoms with Crippen LogP contribution < -0.4 is 0 Å². The normalized spacial score (nSPS) is 17.9. The van der Waals surface area contributed by atoms with Gasteiger partial charge in [-0.15, -0.1) is 0 Å². The van der Waals surface area contributed by atoms with E-state index in [0.717, 1.165) is 39.7 Å². The highest BCUT2D eigenvalue weighted by Crippen LogP contribution is 2.46. The highest BCUT2D eigenvalue weighted by molar-refractivity contribution is 9.10. The first-order valence-electron chi connectivity index (χ1n) is 8.78. The average Bonchev–Trinajstić information content (AvgIpc) is 3.13. The Morgan fingerprint density at radius 2 is 2.00 bits per heavy atom. The van der Waals surface area contributed by atoms with Crippen molar-refractivity contribution in [2.24, 2.45) is 0 Å². The van der Waals surface area contributed by atoms with E-state index >= 15 is 0 Å². The van der Waals surface area contributed by atoms with Crippen LogP contribution >= 0.6 is 27.5 Å². The van der Waals surface area contributed by atoms with Crippen molar-refractivity contribution in [1.29, 1.82) is 0 Å². The van der Waals surface area contributed by atoms with Gasteiger partial charge in [-0.3, -0.25) is 0 Å². The Balaban J connectivity index is 2.00. The number of fused-ring (bicyclic) bond motifs is 3. The first kappa shape index (κ1) is 17.1. The number of hydrogen-bond donors (Lipinski definition) is 0. The molecule has 3 aromatic rings. The van der Waals surface area contributed by atoms with Gasteiger partial charge >= 0.3 is 0 Å². The highest BCUT2D eigenvalue weighted by atomic mass is 79.9. The van der Waals surface area contributed by atoms with E-state index < -0.39 is 0 Å². The first-order valence-corrected chi connectivity index (χ1v) is 9.95. The lowest BCUT2D eigenvalue weighted by molar-refractivity contribution is 0.565. The molecule has 1 aliphatic carbocycles. The molecule has 1 heterocycles. The summed E-state index contributed by atoms with van der Waals surface area (Å²) in [5.41, 5.74) is 5.02. The Bertz CT molecular complexity index is 945. The maximum absolute atomic E-state index is 14.1. The van der Waals surface area contributed by atoms with Crippen molar-refractivity contribution in [2.75, 3.05) is 0 Å². The zero-order valence-corrected chi connectivity index (χ0v) is 16.7. The fourth-order valence-electron chi connectivity index (χ4n) is 4.30. The standard InChI is InChI=1S/C21H20BrClFN/c1-3-13-6-9-17-18-10-16(24)11-19(22)21(18)25(20(13)17)12(2)14-4-7-15(23)8-5-14/h4-5,7-8,10-13H,3,6,9H2,1-2H3/t12-,13-/m0/s1. The van der Waals surface area contributed by atoms with Gasteiger partial charge in [-0.1, -0.05) is 30.7 Å². The molecule has 130 valence electrons. The van der Waals surface area contributed by atoms with Crippen LogP contribution in [0.15, 0.2) is 40.9 Å². The lowest BCUT2D eigenvalue weighted by Crippen LogP contribution is -2.12. The third-order valence-corrected chi connectivity index (χ3v) is 6.38. The largest absolute Gasteiger partial charge is 0.336 e. The van der Waals surface area contributed by atoms with Crippen LogP contribution in [0.4, 0.5) is 4.39 Å². The molecule has 0 N–H and O–H groups in total. The van der Waals surface area contributed by atoms with E-state index in [2.05, 4.69) is 46.5 Å². The minimum atomic E-state index is -0.182. The number of rotatable bonds is 3. The molecule has 25 heavy (non-hydrogen) atoms. The van der Waals surface area contributed by atoms with Crippen LogP contribution in [0.25, 0.3) is 10.9 Å². The van der Waals surface area contributed by atoms with Gasteiger partial charge in [-0.2, -0.15) is 0 Å². The molecule has 4 heteroatoms. The van der Waals surface area contributed by atoms with Gasteiger partial charge in [-0.25, -0.2) is 4.39 Å². The number of hydrogen-bond acceptors (Lipinski definition) is 0. The summed E-state index contributed by atoms with van der Waals surface area (Å²) in [5.74, 6) is 0.352.